The van der Waals surface area contributed by atoms with Gasteiger partial charge in [0.05, 0.1) is 19.1 Å². The van der Waals surface area contributed by atoms with Gasteiger partial charge in [-0.1, -0.05) is 6.92 Å². The van der Waals surface area contributed by atoms with E-state index < -0.39 is 12.1 Å². The molecule has 0 heterocycles. The third kappa shape index (κ3) is 6.36. The molecule has 0 bridgehead atoms. The smallest absolute Gasteiger partial charge is 0.306 e. The summed E-state index contributed by atoms with van der Waals surface area (Å²) in [7, 11) is 3.31. The molecule has 0 saturated heterocycles. The number of likely N-dealkylation sites (N-methyl/N-ethyl adjacent to an activating group) is 2. The van der Waals surface area contributed by atoms with Crippen molar-refractivity contribution in [2.24, 2.45) is 0 Å². The zero-order valence-corrected chi connectivity index (χ0v) is 10.0. The van der Waals surface area contributed by atoms with Crippen LogP contribution in [0.4, 0.5) is 0 Å². The Morgan fingerprint density at radius 2 is 1.88 bits per heavy atom. The highest BCUT2D eigenvalue weighted by Gasteiger charge is 2.16. The molecular weight excluding hydrogens is 212 g/mol. The van der Waals surface area contributed by atoms with E-state index >= 15 is 0 Å². The zero-order chi connectivity index (χ0) is 12.7. The van der Waals surface area contributed by atoms with Gasteiger partial charge in [-0.05, 0) is 6.54 Å². The number of rotatable bonds is 7. The minimum atomic E-state index is -1.04. The molecule has 0 aliphatic rings. The number of carbonyl (C=O) groups is 2. The van der Waals surface area contributed by atoms with Crippen LogP contribution in [0.25, 0.3) is 0 Å². The van der Waals surface area contributed by atoms with Crippen LogP contribution in [0.15, 0.2) is 0 Å². The maximum atomic E-state index is 11.4. The van der Waals surface area contributed by atoms with Gasteiger partial charge < -0.3 is 15.1 Å². The van der Waals surface area contributed by atoms with Gasteiger partial charge in [0.1, 0.15) is 0 Å². The van der Waals surface area contributed by atoms with E-state index in [4.69, 9.17) is 5.11 Å². The molecule has 1 unspecified atom stereocenters. The van der Waals surface area contributed by atoms with E-state index in [2.05, 4.69) is 0 Å². The minimum absolute atomic E-state index is 0.0654. The lowest BCUT2D eigenvalue weighted by Crippen LogP contribution is -2.40. The number of nitrogens with zero attached hydrogens (tertiary/aromatic N) is 2. The van der Waals surface area contributed by atoms with Crippen molar-refractivity contribution in [2.75, 3.05) is 33.7 Å². The fraction of sp³-hybridized carbons (Fsp3) is 0.800. The molecule has 1 atom stereocenters. The molecule has 6 heteroatoms. The lowest BCUT2D eigenvalue weighted by Gasteiger charge is -2.23. The van der Waals surface area contributed by atoms with Crippen molar-refractivity contribution in [3.8, 4) is 0 Å². The quantitative estimate of drug-likeness (QED) is 0.602. The largest absolute Gasteiger partial charge is 0.481 e. The van der Waals surface area contributed by atoms with E-state index in [-0.39, 0.29) is 25.4 Å². The first kappa shape index (κ1) is 14.9. The van der Waals surface area contributed by atoms with Gasteiger partial charge in [-0.15, -0.1) is 0 Å². The van der Waals surface area contributed by atoms with Gasteiger partial charge in [0.25, 0.3) is 0 Å². The molecule has 0 aromatic rings. The summed E-state index contributed by atoms with van der Waals surface area (Å²) in [6, 6.07) is 0. The fourth-order valence-corrected chi connectivity index (χ4v) is 1.20. The van der Waals surface area contributed by atoms with Crippen molar-refractivity contribution in [3.05, 3.63) is 0 Å². The van der Waals surface area contributed by atoms with Gasteiger partial charge in [-0.3, -0.25) is 14.5 Å². The summed E-state index contributed by atoms with van der Waals surface area (Å²) in [5.74, 6) is -1.10. The molecule has 0 radical (unpaired) electrons. The second kappa shape index (κ2) is 7.19. The Kier molecular flexibility index (Phi) is 6.67. The molecule has 0 aliphatic carbocycles. The van der Waals surface area contributed by atoms with Crippen molar-refractivity contribution < 1.29 is 19.8 Å². The number of carboxylic acids is 1. The molecule has 0 aromatic carbocycles. The van der Waals surface area contributed by atoms with Crippen molar-refractivity contribution in [1.82, 2.24) is 9.80 Å². The summed E-state index contributed by atoms with van der Waals surface area (Å²) in [6.07, 6.45) is -1.24. The van der Waals surface area contributed by atoms with Gasteiger partial charge in [-0.2, -0.15) is 0 Å². The molecule has 0 fully saturated rings. The van der Waals surface area contributed by atoms with Gasteiger partial charge >= 0.3 is 5.97 Å². The monoisotopic (exact) mass is 232 g/mol. The standard InChI is InChI=1S/C10H20N2O4/c1-4-12(7-9(14)11(2)3)6-8(13)5-10(15)16/h8,13H,4-7H2,1-3H3,(H,15,16). The van der Waals surface area contributed by atoms with E-state index in [1.165, 1.54) is 4.90 Å². The molecule has 0 spiro atoms. The molecule has 0 aliphatic heterocycles. The number of carboxylic acid groups (broad SMARTS) is 1. The number of amides is 1. The number of hydrogen-bond acceptors (Lipinski definition) is 4. The Morgan fingerprint density at radius 1 is 1.31 bits per heavy atom. The van der Waals surface area contributed by atoms with Gasteiger partial charge in [-0.25, -0.2) is 0 Å². The number of aliphatic hydroxyl groups excluding tert-OH is 1. The molecule has 0 aromatic heterocycles. The average Bonchev–Trinajstić information content (AvgIpc) is 2.14. The average molecular weight is 232 g/mol. The normalized spacial score (nSPS) is 12.6. The topological polar surface area (TPSA) is 81.1 Å². The maximum Gasteiger partial charge on any atom is 0.306 e. The lowest BCUT2D eigenvalue weighted by molar-refractivity contribution is -0.139. The molecule has 0 rings (SSSR count). The predicted molar refractivity (Wildman–Crippen MR) is 59.1 cm³/mol. The molecule has 6 nitrogen and oxygen atoms in total. The van der Waals surface area contributed by atoms with E-state index in [0.717, 1.165) is 0 Å². The Bertz CT molecular complexity index is 243. The van der Waals surface area contributed by atoms with Crippen LogP contribution >= 0.6 is 0 Å². The van der Waals surface area contributed by atoms with Crippen molar-refractivity contribution in [1.29, 1.82) is 0 Å². The number of carbonyl (C=O) groups excluding carboxylic acids is 1. The Labute approximate surface area is 95.5 Å². The van der Waals surface area contributed by atoms with Gasteiger partial charge in [0.2, 0.25) is 5.91 Å². The summed E-state index contributed by atoms with van der Waals surface area (Å²) in [4.78, 5) is 24.9. The Hall–Kier alpha value is -1.14. The highest BCUT2D eigenvalue weighted by Crippen LogP contribution is 1.98. The first-order valence-electron chi connectivity index (χ1n) is 5.19. The lowest BCUT2D eigenvalue weighted by atomic mass is 10.2. The summed E-state index contributed by atoms with van der Waals surface area (Å²) < 4.78 is 0. The van der Waals surface area contributed by atoms with Crippen LogP contribution in [0.2, 0.25) is 0 Å². The van der Waals surface area contributed by atoms with Crippen molar-refractivity contribution in [2.45, 2.75) is 19.4 Å². The fourth-order valence-electron chi connectivity index (χ4n) is 1.20. The third-order valence-electron chi connectivity index (χ3n) is 2.18. The SMILES string of the molecule is CCN(CC(=O)N(C)C)CC(O)CC(=O)O. The summed E-state index contributed by atoms with van der Waals surface area (Å²) in [6.45, 7) is 2.84. The summed E-state index contributed by atoms with van der Waals surface area (Å²) in [5, 5.41) is 17.9. The van der Waals surface area contributed by atoms with E-state index in [1.54, 1.807) is 19.0 Å². The van der Waals surface area contributed by atoms with E-state index in [9.17, 15) is 14.7 Å². The summed E-state index contributed by atoms with van der Waals surface area (Å²) >= 11 is 0. The molecule has 2 N–H and O–H groups in total. The maximum absolute atomic E-state index is 11.4. The van der Waals surface area contributed by atoms with Crippen LogP contribution in [0.5, 0.6) is 0 Å². The van der Waals surface area contributed by atoms with Crippen LogP contribution in [-0.2, 0) is 9.59 Å². The van der Waals surface area contributed by atoms with E-state index in [1.807, 2.05) is 6.92 Å². The second-order valence-electron chi connectivity index (χ2n) is 3.87. The van der Waals surface area contributed by atoms with Gasteiger partial charge in [0, 0.05) is 20.6 Å². The van der Waals surface area contributed by atoms with Crippen LogP contribution in [0, 0.1) is 0 Å². The highest BCUT2D eigenvalue weighted by atomic mass is 16.4. The van der Waals surface area contributed by atoms with Crippen LogP contribution < -0.4 is 0 Å². The number of hydrogen-bond donors (Lipinski definition) is 2. The molecule has 16 heavy (non-hydrogen) atoms. The zero-order valence-electron chi connectivity index (χ0n) is 10.0. The molecular formula is C10H20N2O4. The van der Waals surface area contributed by atoms with Crippen molar-refractivity contribution in [3.63, 3.8) is 0 Å². The van der Waals surface area contributed by atoms with Crippen LogP contribution in [-0.4, -0.2) is 71.7 Å². The second-order valence-corrected chi connectivity index (χ2v) is 3.87. The third-order valence-corrected chi connectivity index (χ3v) is 2.18. The Morgan fingerprint density at radius 3 is 2.25 bits per heavy atom. The van der Waals surface area contributed by atoms with E-state index in [0.29, 0.717) is 6.54 Å². The summed E-state index contributed by atoms with van der Waals surface area (Å²) in [5.41, 5.74) is 0. The molecule has 1 amide bonds. The Balaban J connectivity index is 4.09. The number of aliphatic hydroxyl groups is 1. The first-order chi connectivity index (χ1) is 7.36. The van der Waals surface area contributed by atoms with Crippen LogP contribution in [0.3, 0.4) is 0 Å². The van der Waals surface area contributed by atoms with Gasteiger partial charge in [0.15, 0.2) is 0 Å². The molecule has 0 saturated carbocycles. The first-order valence-corrected chi connectivity index (χ1v) is 5.19. The highest BCUT2D eigenvalue weighted by molar-refractivity contribution is 5.77. The molecule has 94 valence electrons. The van der Waals surface area contributed by atoms with Crippen LogP contribution in [0.1, 0.15) is 13.3 Å². The van der Waals surface area contributed by atoms with Crippen molar-refractivity contribution >= 4 is 11.9 Å². The number of aliphatic carboxylic acids is 1. The minimum Gasteiger partial charge on any atom is -0.481 e. The predicted octanol–water partition coefficient (Wildman–Crippen LogP) is -0.768.